The zero-order chi connectivity index (χ0) is 20.5. The van der Waals surface area contributed by atoms with Crippen molar-refractivity contribution in [1.29, 1.82) is 0 Å². The van der Waals surface area contributed by atoms with Gasteiger partial charge in [0.2, 0.25) is 11.7 Å². The van der Waals surface area contributed by atoms with Crippen LogP contribution in [-0.2, 0) is 6.54 Å². The molecule has 30 heavy (non-hydrogen) atoms. The first-order valence-electron chi connectivity index (χ1n) is 10.2. The molecule has 0 atom stereocenters. The SMILES string of the molecule is COc1ccc2[nH]cc(C3CCN(Cc4nc(-c5ccc(Cl)cc5)no4)CC3)c2c1. The van der Waals surface area contributed by atoms with Gasteiger partial charge in [0.05, 0.1) is 13.7 Å². The molecule has 0 spiro atoms. The number of hydrogen-bond acceptors (Lipinski definition) is 5. The van der Waals surface area contributed by atoms with Gasteiger partial charge in [0.15, 0.2) is 0 Å². The molecule has 7 heteroatoms. The van der Waals surface area contributed by atoms with E-state index in [2.05, 4.69) is 38.4 Å². The number of nitrogens with zero attached hydrogens (tertiary/aromatic N) is 3. The van der Waals surface area contributed by atoms with E-state index in [1.54, 1.807) is 7.11 Å². The molecule has 0 saturated carbocycles. The number of hydrogen-bond donors (Lipinski definition) is 1. The molecule has 6 nitrogen and oxygen atoms in total. The molecule has 0 bridgehead atoms. The molecule has 154 valence electrons. The molecular formula is C23H23ClN4O2. The lowest BCUT2D eigenvalue weighted by Crippen LogP contribution is -2.32. The maximum atomic E-state index is 5.95. The average molecular weight is 423 g/mol. The highest BCUT2D eigenvalue weighted by Gasteiger charge is 2.24. The lowest BCUT2D eigenvalue weighted by molar-refractivity contribution is 0.181. The molecule has 0 radical (unpaired) electrons. The molecule has 1 fully saturated rings. The average Bonchev–Trinajstić information content (AvgIpc) is 3.41. The summed E-state index contributed by atoms with van der Waals surface area (Å²) >= 11 is 5.95. The van der Waals surface area contributed by atoms with Gasteiger partial charge in [-0.3, -0.25) is 4.90 Å². The first kappa shape index (κ1) is 19.2. The van der Waals surface area contributed by atoms with Crippen LogP contribution < -0.4 is 4.74 Å². The van der Waals surface area contributed by atoms with Crippen molar-refractivity contribution in [3.8, 4) is 17.1 Å². The van der Waals surface area contributed by atoms with Gasteiger partial charge in [-0.05, 0) is 79.9 Å². The van der Waals surface area contributed by atoms with Gasteiger partial charge in [-0.1, -0.05) is 16.8 Å². The molecule has 3 heterocycles. The minimum atomic E-state index is 0.536. The standard InChI is InChI=1S/C23H23ClN4O2/c1-29-18-6-7-21-19(12-18)20(13-25-21)15-8-10-28(11-9-15)14-22-26-23(27-30-22)16-2-4-17(24)5-3-16/h2-7,12-13,15,25H,8-11,14H2,1H3. The number of piperidine rings is 1. The third-order valence-electron chi connectivity index (χ3n) is 5.88. The fraction of sp³-hybridized carbons (Fsp3) is 0.304. The second kappa shape index (κ2) is 8.13. The van der Waals surface area contributed by atoms with Crippen LogP contribution in [0.1, 0.15) is 30.2 Å². The monoisotopic (exact) mass is 422 g/mol. The third-order valence-corrected chi connectivity index (χ3v) is 6.13. The molecule has 0 amide bonds. The summed E-state index contributed by atoms with van der Waals surface area (Å²) in [5.41, 5.74) is 3.45. The summed E-state index contributed by atoms with van der Waals surface area (Å²) in [6.45, 7) is 2.68. The number of aromatic nitrogens is 3. The van der Waals surface area contributed by atoms with Crippen molar-refractivity contribution < 1.29 is 9.26 Å². The first-order chi connectivity index (χ1) is 14.7. The fourth-order valence-electron chi connectivity index (χ4n) is 4.21. The Morgan fingerprint density at radius 1 is 1.17 bits per heavy atom. The Labute approximate surface area is 179 Å². The Morgan fingerprint density at radius 2 is 1.97 bits per heavy atom. The number of nitrogens with one attached hydrogen (secondary N) is 1. The van der Waals surface area contributed by atoms with E-state index in [4.69, 9.17) is 20.9 Å². The molecule has 0 unspecified atom stereocenters. The summed E-state index contributed by atoms with van der Waals surface area (Å²) in [6, 6.07) is 13.7. The molecule has 1 aliphatic rings. The number of fused-ring (bicyclic) bond motifs is 1. The molecule has 1 aliphatic heterocycles. The van der Waals surface area contributed by atoms with E-state index in [1.165, 1.54) is 10.9 Å². The molecule has 4 aromatic rings. The Hall–Kier alpha value is -2.83. The number of halogens is 1. The van der Waals surface area contributed by atoms with Gasteiger partial charge in [0.25, 0.3) is 0 Å². The first-order valence-corrected chi connectivity index (χ1v) is 10.5. The number of aromatic amines is 1. The van der Waals surface area contributed by atoms with Crippen LogP contribution in [0.5, 0.6) is 5.75 Å². The van der Waals surface area contributed by atoms with Crippen molar-refractivity contribution in [2.45, 2.75) is 25.3 Å². The van der Waals surface area contributed by atoms with E-state index >= 15 is 0 Å². The number of ether oxygens (including phenoxy) is 1. The summed E-state index contributed by atoms with van der Waals surface area (Å²) in [5, 5.41) is 6.07. The molecular weight excluding hydrogens is 400 g/mol. The maximum Gasteiger partial charge on any atom is 0.241 e. The van der Waals surface area contributed by atoms with E-state index in [1.807, 2.05) is 30.3 Å². The van der Waals surface area contributed by atoms with Gasteiger partial charge in [-0.25, -0.2) is 0 Å². The van der Waals surface area contributed by atoms with Crippen LogP contribution in [0.4, 0.5) is 0 Å². The number of likely N-dealkylation sites (tertiary alicyclic amines) is 1. The van der Waals surface area contributed by atoms with Crippen molar-refractivity contribution in [2.75, 3.05) is 20.2 Å². The van der Waals surface area contributed by atoms with Crippen molar-refractivity contribution in [3.05, 3.63) is 65.1 Å². The van der Waals surface area contributed by atoms with Crippen molar-refractivity contribution in [1.82, 2.24) is 20.0 Å². The van der Waals surface area contributed by atoms with E-state index in [9.17, 15) is 0 Å². The van der Waals surface area contributed by atoms with Crippen LogP contribution >= 0.6 is 11.6 Å². The highest BCUT2D eigenvalue weighted by Crippen LogP contribution is 2.35. The molecule has 0 aliphatic carbocycles. The Balaban J connectivity index is 1.23. The largest absolute Gasteiger partial charge is 0.497 e. The third kappa shape index (κ3) is 3.80. The topological polar surface area (TPSA) is 67.2 Å². The summed E-state index contributed by atoms with van der Waals surface area (Å²) in [4.78, 5) is 10.3. The van der Waals surface area contributed by atoms with Gasteiger partial charge in [-0.15, -0.1) is 0 Å². The molecule has 5 rings (SSSR count). The van der Waals surface area contributed by atoms with Crippen molar-refractivity contribution in [3.63, 3.8) is 0 Å². The number of H-pyrrole nitrogens is 1. The minimum absolute atomic E-state index is 0.536. The van der Waals surface area contributed by atoms with E-state index in [0.29, 0.717) is 29.2 Å². The Bertz CT molecular complexity index is 1140. The highest BCUT2D eigenvalue weighted by molar-refractivity contribution is 6.30. The molecule has 2 aromatic heterocycles. The van der Waals surface area contributed by atoms with Gasteiger partial charge >= 0.3 is 0 Å². The summed E-state index contributed by atoms with van der Waals surface area (Å²) in [6.07, 6.45) is 4.35. The fourth-order valence-corrected chi connectivity index (χ4v) is 4.34. The smallest absolute Gasteiger partial charge is 0.241 e. The quantitative estimate of drug-likeness (QED) is 0.475. The van der Waals surface area contributed by atoms with Crippen molar-refractivity contribution in [2.24, 2.45) is 0 Å². The summed E-state index contributed by atoms with van der Waals surface area (Å²) < 4.78 is 10.9. The normalized spacial score (nSPS) is 15.7. The summed E-state index contributed by atoms with van der Waals surface area (Å²) in [5.74, 6) is 2.68. The summed E-state index contributed by atoms with van der Waals surface area (Å²) in [7, 11) is 1.71. The second-order valence-corrected chi connectivity index (χ2v) is 8.16. The molecule has 1 saturated heterocycles. The van der Waals surface area contributed by atoms with Crippen LogP contribution in [-0.4, -0.2) is 40.2 Å². The number of benzene rings is 2. The molecule has 1 N–H and O–H groups in total. The Kier molecular flexibility index (Phi) is 5.19. The zero-order valence-corrected chi connectivity index (χ0v) is 17.5. The Morgan fingerprint density at radius 3 is 2.73 bits per heavy atom. The minimum Gasteiger partial charge on any atom is -0.497 e. The lowest BCUT2D eigenvalue weighted by atomic mass is 9.89. The van der Waals surface area contributed by atoms with Gasteiger partial charge in [-0.2, -0.15) is 4.98 Å². The van der Waals surface area contributed by atoms with Crippen LogP contribution in [0.15, 0.2) is 53.2 Å². The van der Waals surface area contributed by atoms with E-state index < -0.39 is 0 Å². The number of methoxy groups -OCH3 is 1. The molecule has 2 aromatic carbocycles. The second-order valence-electron chi connectivity index (χ2n) is 7.72. The van der Waals surface area contributed by atoms with Crippen LogP contribution in [0.3, 0.4) is 0 Å². The predicted molar refractivity (Wildman–Crippen MR) is 117 cm³/mol. The van der Waals surface area contributed by atoms with E-state index in [-0.39, 0.29) is 0 Å². The highest BCUT2D eigenvalue weighted by atomic mass is 35.5. The van der Waals surface area contributed by atoms with Crippen molar-refractivity contribution >= 4 is 22.5 Å². The maximum absolute atomic E-state index is 5.95. The van der Waals surface area contributed by atoms with Crippen LogP contribution in [0, 0.1) is 0 Å². The van der Waals surface area contributed by atoms with Crippen LogP contribution in [0.2, 0.25) is 5.02 Å². The lowest BCUT2D eigenvalue weighted by Gasteiger charge is -2.30. The van der Waals surface area contributed by atoms with Crippen LogP contribution in [0.25, 0.3) is 22.3 Å². The van der Waals surface area contributed by atoms with Gasteiger partial charge < -0.3 is 14.2 Å². The van der Waals surface area contributed by atoms with Gasteiger partial charge in [0.1, 0.15) is 5.75 Å². The predicted octanol–water partition coefficient (Wildman–Crippen LogP) is 5.26. The zero-order valence-electron chi connectivity index (χ0n) is 16.8. The number of rotatable bonds is 5. The van der Waals surface area contributed by atoms with E-state index in [0.717, 1.165) is 42.8 Å². The van der Waals surface area contributed by atoms with Gasteiger partial charge in [0, 0.05) is 27.7 Å².